The first-order chi connectivity index (χ1) is 12.1. The molecule has 25 heavy (non-hydrogen) atoms. The van der Waals surface area contributed by atoms with E-state index in [1.165, 1.54) is 11.3 Å². The number of carbonyl (C=O) groups is 1. The molecule has 0 bridgehead atoms. The number of aryl methyl sites for hydroxylation is 1. The second kappa shape index (κ2) is 8.32. The Bertz CT molecular complexity index is 696. The molecule has 0 saturated carbocycles. The molecule has 1 saturated heterocycles. The molecular formula is C20H27N3O2. The normalized spacial score (nSPS) is 18.2. The van der Waals surface area contributed by atoms with Gasteiger partial charge in [-0.3, -0.25) is 9.69 Å². The van der Waals surface area contributed by atoms with Gasteiger partial charge in [-0.15, -0.1) is 0 Å². The van der Waals surface area contributed by atoms with Crippen molar-refractivity contribution in [1.82, 2.24) is 14.8 Å². The Kier molecular flexibility index (Phi) is 5.89. The summed E-state index contributed by atoms with van der Waals surface area (Å²) < 4.78 is 7.88. The molecule has 1 fully saturated rings. The van der Waals surface area contributed by atoms with Crippen LogP contribution >= 0.6 is 0 Å². The van der Waals surface area contributed by atoms with Crippen LogP contribution < -0.4 is 5.32 Å². The van der Waals surface area contributed by atoms with Crippen LogP contribution in [-0.4, -0.2) is 41.2 Å². The average Bonchev–Trinajstić information content (AvgIpc) is 2.93. The third kappa shape index (κ3) is 4.94. The van der Waals surface area contributed by atoms with Crippen molar-refractivity contribution >= 4 is 5.91 Å². The van der Waals surface area contributed by atoms with Gasteiger partial charge < -0.3 is 14.6 Å². The molecular weight excluding hydrogens is 314 g/mol. The third-order valence-electron chi connectivity index (χ3n) is 4.83. The minimum Gasteiger partial charge on any atom is -0.375 e. The largest absolute Gasteiger partial charge is 0.375 e. The molecule has 0 spiro atoms. The summed E-state index contributed by atoms with van der Waals surface area (Å²) in [6, 6.07) is 14.5. The van der Waals surface area contributed by atoms with Gasteiger partial charge in [0.25, 0.3) is 0 Å². The summed E-state index contributed by atoms with van der Waals surface area (Å²) in [6.07, 6.45) is 0.377. The Morgan fingerprint density at radius 3 is 2.76 bits per heavy atom. The van der Waals surface area contributed by atoms with Crippen molar-refractivity contribution in [3.05, 3.63) is 59.4 Å². The van der Waals surface area contributed by atoms with Gasteiger partial charge in [0.2, 0.25) is 5.91 Å². The first-order valence-electron chi connectivity index (χ1n) is 8.87. The summed E-state index contributed by atoms with van der Waals surface area (Å²) in [6.45, 7) is 5.92. The fourth-order valence-electron chi connectivity index (χ4n) is 3.20. The molecule has 0 radical (unpaired) electrons. The van der Waals surface area contributed by atoms with Crippen LogP contribution in [0, 0.1) is 6.92 Å². The molecule has 5 nitrogen and oxygen atoms in total. The van der Waals surface area contributed by atoms with E-state index in [1.54, 1.807) is 0 Å². The molecule has 1 aromatic heterocycles. The molecule has 1 aliphatic heterocycles. The fraction of sp³-hybridized carbons (Fsp3) is 0.450. The average molecular weight is 341 g/mol. The van der Waals surface area contributed by atoms with Crippen molar-refractivity contribution in [3.8, 4) is 0 Å². The summed E-state index contributed by atoms with van der Waals surface area (Å²) in [4.78, 5) is 14.6. The predicted octanol–water partition coefficient (Wildman–Crippen LogP) is 2.24. The molecule has 3 rings (SSSR count). The zero-order valence-corrected chi connectivity index (χ0v) is 15.1. The van der Waals surface area contributed by atoms with Gasteiger partial charge in [0.05, 0.1) is 25.7 Å². The van der Waals surface area contributed by atoms with Gasteiger partial charge in [-0.05, 0) is 24.6 Å². The summed E-state index contributed by atoms with van der Waals surface area (Å²) >= 11 is 0. The van der Waals surface area contributed by atoms with E-state index < -0.39 is 0 Å². The maximum absolute atomic E-state index is 12.2. The van der Waals surface area contributed by atoms with Gasteiger partial charge >= 0.3 is 0 Å². The lowest BCUT2D eigenvalue weighted by Crippen LogP contribution is -2.44. The van der Waals surface area contributed by atoms with E-state index in [0.717, 1.165) is 25.3 Å². The van der Waals surface area contributed by atoms with Crippen LogP contribution in [0.25, 0.3) is 0 Å². The Balaban J connectivity index is 1.45. The highest BCUT2D eigenvalue weighted by molar-refractivity contribution is 5.76. The molecule has 1 aliphatic rings. The molecule has 2 aromatic rings. The second-order valence-corrected chi connectivity index (χ2v) is 6.72. The molecule has 0 aliphatic carbocycles. The molecule has 1 N–H and O–H groups in total. The smallest absolute Gasteiger partial charge is 0.222 e. The number of morpholine rings is 1. The molecule has 0 unspecified atom stereocenters. The van der Waals surface area contributed by atoms with Gasteiger partial charge in [0, 0.05) is 38.1 Å². The van der Waals surface area contributed by atoms with E-state index in [4.69, 9.17) is 4.74 Å². The van der Waals surface area contributed by atoms with Crippen molar-refractivity contribution in [2.24, 2.45) is 7.05 Å². The van der Waals surface area contributed by atoms with Crippen molar-refractivity contribution < 1.29 is 9.53 Å². The maximum Gasteiger partial charge on any atom is 0.222 e. The van der Waals surface area contributed by atoms with E-state index in [1.807, 2.05) is 19.2 Å². The fourth-order valence-corrected chi connectivity index (χ4v) is 3.20. The lowest BCUT2D eigenvalue weighted by Gasteiger charge is -2.32. The quantitative estimate of drug-likeness (QED) is 0.876. The van der Waals surface area contributed by atoms with Gasteiger partial charge in [-0.2, -0.15) is 0 Å². The van der Waals surface area contributed by atoms with E-state index in [9.17, 15) is 4.79 Å². The summed E-state index contributed by atoms with van der Waals surface area (Å²) in [5.74, 6) is 0.0467. The molecule has 1 amide bonds. The van der Waals surface area contributed by atoms with Gasteiger partial charge in [0.1, 0.15) is 0 Å². The lowest BCUT2D eigenvalue weighted by atomic mass is 10.1. The number of benzene rings is 1. The van der Waals surface area contributed by atoms with E-state index >= 15 is 0 Å². The van der Waals surface area contributed by atoms with Gasteiger partial charge in [-0.25, -0.2) is 0 Å². The zero-order valence-electron chi connectivity index (χ0n) is 15.1. The number of carbonyl (C=O) groups excluding carboxylic acids is 1. The highest BCUT2D eigenvalue weighted by Gasteiger charge is 2.23. The van der Waals surface area contributed by atoms with Crippen LogP contribution in [0.4, 0.5) is 0 Å². The maximum atomic E-state index is 12.2. The number of rotatable bonds is 6. The first kappa shape index (κ1) is 17.7. The lowest BCUT2D eigenvalue weighted by molar-refractivity contribution is -0.126. The highest BCUT2D eigenvalue weighted by atomic mass is 16.5. The SMILES string of the molecule is Cc1ccc(CNC(=O)C[C@@H]2CN(Cc3ccccc3)CCO2)n1C. The van der Waals surface area contributed by atoms with Crippen molar-refractivity contribution in [1.29, 1.82) is 0 Å². The third-order valence-corrected chi connectivity index (χ3v) is 4.83. The topological polar surface area (TPSA) is 46.5 Å². The van der Waals surface area contributed by atoms with Crippen LogP contribution in [-0.2, 0) is 29.7 Å². The highest BCUT2D eigenvalue weighted by Crippen LogP contribution is 2.13. The van der Waals surface area contributed by atoms with Gasteiger partial charge in [-0.1, -0.05) is 30.3 Å². The van der Waals surface area contributed by atoms with Crippen LogP contribution in [0.15, 0.2) is 42.5 Å². The summed E-state index contributed by atoms with van der Waals surface area (Å²) in [5, 5.41) is 3.01. The Labute approximate surface area is 149 Å². The molecule has 2 heterocycles. The van der Waals surface area contributed by atoms with E-state index in [-0.39, 0.29) is 12.0 Å². The minimum atomic E-state index is -0.0346. The minimum absolute atomic E-state index is 0.0346. The number of hydrogen-bond donors (Lipinski definition) is 1. The summed E-state index contributed by atoms with van der Waals surface area (Å²) in [5.41, 5.74) is 3.60. The molecule has 5 heteroatoms. The van der Waals surface area contributed by atoms with E-state index in [2.05, 4.69) is 52.0 Å². The Morgan fingerprint density at radius 1 is 1.24 bits per heavy atom. The van der Waals surface area contributed by atoms with Crippen LogP contribution in [0.2, 0.25) is 0 Å². The summed E-state index contributed by atoms with van der Waals surface area (Å²) in [7, 11) is 2.02. The number of aromatic nitrogens is 1. The Hall–Kier alpha value is -2.11. The first-order valence-corrected chi connectivity index (χ1v) is 8.87. The predicted molar refractivity (Wildman–Crippen MR) is 98.1 cm³/mol. The van der Waals surface area contributed by atoms with Crippen molar-refractivity contribution in [3.63, 3.8) is 0 Å². The number of hydrogen-bond acceptors (Lipinski definition) is 3. The van der Waals surface area contributed by atoms with E-state index in [0.29, 0.717) is 19.6 Å². The number of nitrogens with zero attached hydrogens (tertiary/aromatic N) is 2. The van der Waals surface area contributed by atoms with Crippen LogP contribution in [0.5, 0.6) is 0 Å². The Morgan fingerprint density at radius 2 is 2.04 bits per heavy atom. The number of amides is 1. The molecule has 134 valence electrons. The monoisotopic (exact) mass is 341 g/mol. The number of ether oxygens (including phenoxy) is 1. The molecule has 1 aromatic carbocycles. The van der Waals surface area contributed by atoms with Gasteiger partial charge in [0.15, 0.2) is 0 Å². The van der Waals surface area contributed by atoms with Crippen molar-refractivity contribution in [2.75, 3.05) is 19.7 Å². The second-order valence-electron chi connectivity index (χ2n) is 6.72. The van der Waals surface area contributed by atoms with Crippen LogP contribution in [0.3, 0.4) is 0 Å². The zero-order chi connectivity index (χ0) is 17.6. The van der Waals surface area contributed by atoms with Crippen molar-refractivity contribution in [2.45, 2.75) is 32.5 Å². The van der Waals surface area contributed by atoms with Crippen LogP contribution in [0.1, 0.15) is 23.4 Å². The standard InChI is InChI=1S/C20H27N3O2/c1-16-8-9-18(22(16)2)13-21-20(24)12-19-15-23(10-11-25-19)14-17-6-4-3-5-7-17/h3-9,19H,10-15H2,1-2H3,(H,21,24)/t19-/m1/s1. The molecule has 1 atom stereocenters. The number of nitrogens with one attached hydrogen (secondary N) is 1.